The summed E-state index contributed by atoms with van der Waals surface area (Å²) in [5.74, 6) is -0.764. The fraction of sp³-hybridized carbons (Fsp3) is 0.167. The normalized spacial score (nSPS) is 12.2. The molecule has 0 bridgehead atoms. The molecular weight excluding hydrogens is 391 g/mol. The molecule has 0 unspecified atom stereocenters. The summed E-state index contributed by atoms with van der Waals surface area (Å²) in [6.45, 7) is 1.77. The molecule has 1 atom stereocenters. The number of likely N-dealkylation sites (N-methyl/N-ethyl adjacent to an activating group) is 1. The highest BCUT2D eigenvalue weighted by molar-refractivity contribution is 9.10. The van der Waals surface area contributed by atoms with Crippen LogP contribution in [0.2, 0.25) is 0 Å². The van der Waals surface area contributed by atoms with Gasteiger partial charge in [-0.15, -0.1) is 0 Å². The molecule has 0 saturated carbocycles. The number of nitrogens with zero attached hydrogens (tertiary/aromatic N) is 2. The van der Waals surface area contributed by atoms with Crippen LogP contribution < -0.4 is 0 Å². The third-order valence-electron chi connectivity index (χ3n) is 3.86. The molecule has 0 heterocycles. The van der Waals surface area contributed by atoms with Gasteiger partial charge in [0.15, 0.2) is 0 Å². The molecule has 2 aromatic rings. The number of non-ortho nitro benzene ring substituents is 1. The van der Waals surface area contributed by atoms with Crippen molar-refractivity contribution in [3.05, 3.63) is 80.1 Å². The molecule has 7 heteroatoms. The summed E-state index contributed by atoms with van der Waals surface area (Å²) in [5.41, 5.74) is 0.906. The number of halogens is 2. The quantitative estimate of drug-likeness (QED) is 0.409. The number of nitro groups is 1. The van der Waals surface area contributed by atoms with E-state index in [2.05, 4.69) is 15.9 Å². The van der Waals surface area contributed by atoms with E-state index in [1.807, 2.05) is 0 Å². The van der Waals surface area contributed by atoms with Gasteiger partial charge < -0.3 is 4.90 Å². The zero-order chi connectivity index (χ0) is 18.6. The van der Waals surface area contributed by atoms with Crippen LogP contribution in [-0.2, 0) is 4.79 Å². The topological polar surface area (TPSA) is 63.5 Å². The minimum atomic E-state index is -0.478. The molecule has 1 amide bonds. The molecule has 0 aliphatic heterocycles. The minimum absolute atomic E-state index is 0.0306. The fourth-order valence-corrected chi connectivity index (χ4v) is 2.61. The molecule has 0 spiro atoms. The number of carbonyl (C=O) groups is 1. The Balaban J connectivity index is 2.16. The minimum Gasteiger partial charge on any atom is -0.335 e. The van der Waals surface area contributed by atoms with Crippen LogP contribution in [0.5, 0.6) is 0 Å². The summed E-state index contributed by atoms with van der Waals surface area (Å²) in [5, 5.41) is 10.9. The van der Waals surface area contributed by atoms with Gasteiger partial charge in [0.25, 0.3) is 5.69 Å². The summed E-state index contributed by atoms with van der Waals surface area (Å²) in [4.78, 5) is 24.1. The van der Waals surface area contributed by atoms with Crippen molar-refractivity contribution >= 4 is 33.6 Å². The van der Waals surface area contributed by atoms with Crippen molar-refractivity contribution in [1.29, 1.82) is 0 Å². The molecule has 0 N–H and O–H groups in total. The van der Waals surface area contributed by atoms with E-state index in [9.17, 15) is 19.3 Å². The molecule has 0 fully saturated rings. The lowest BCUT2D eigenvalue weighted by molar-refractivity contribution is -0.384. The average molecular weight is 407 g/mol. The Morgan fingerprint density at radius 1 is 1.32 bits per heavy atom. The number of amides is 1. The van der Waals surface area contributed by atoms with Crippen molar-refractivity contribution in [2.75, 3.05) is 7.05 Å². The monoisotopic (exact) mass is 406 g/mol. The van der Waals surface area contributed by atoms with Crippen molar-refractivity contribution < 1.29 is 14.1 Å². The fourth-order valence-electron chi connectivity index (χ4n) is 2.23. The van der Waals surface area contributed by atoms with Gasteiger partial charge in [-0.3, -0.25) is 14.9 Å². The average Bonchev–Trinajstić information content (AvgIpc) is 2.61. The molecule has 0 radical (unpaired) electrons. The van der Waals surface area contributed by atoms with Crippen LogP contribution in [0.3, 0.4) is 0 Å². The third-order valence-corrected chi connectivity index (χ3v) is 4.35. The molecule has 25 heavy (non-hydrogen) atoms. The first kappa shape index (κ1) is 18.8. The maximum atomic E-state index is 13.7. The molecule has 0 saturated heterocycles. The van der Waals surface area contributed by atoms with Crippen molar-refractivity contribution in [2.45, 2.75) is 13.0 Å². The van der Waals surface area contributed by atoms with Crippen LogP contribution >= 0.6 is 15.9 Å². The van der Waals surface area contributed by atoms with Crippen molar-refractivity contribution in [3.63, 3.8) is 0 Å². The SMILES string of the molecule is C[C@@H](c1cccc([N+](=O)[O-])c1)N(C)C(=O)/C=C/c1cc(Br)ccc1F. The molecule has 0 aromatic heterocycles. The number of hydrogen-bond donors (Lipinski definition) is 0. The van der Waals surface area contributed by atoms with E-state index >= 15 is 0 Å². The van der Waals surface area contributed by atoms with E-state index in [-0.39, 0.29) is 17.6 Å². The van der Waals surface area contributed by atoms with Gasteiger partial charge in [0.05, 0.1) is 11.0 Å². The van der Waals surface area contributed by atoms with Crippen LogP contribution in [0.25, 0.3) is 6.08 Å². The third kappa shape index (κ3) is 4.73. The van der Waals surface area contributed by atoms with Gasteiger partial charge in [-0.25, -0.2) is 4.39 Å². The first-order chi connectivity index (χ1) is 11.8. The van der Waals surface area contributed by atoms with E-state index in [4.69, 9.17) is 0 Å². The molecule has 130 valence electrons. The van der Waals surface area contributed by atoms with Crippen LogP contribution in [0.1, 0.15) is 24.1 Å². The zero-order valence-electron chi connectivity index (χ0n) is 13.6. The number of rotatable bonds is 5. The summed E-state index contributed by atoms with van der Waals surface area (Å²) in [7, 11) is 1.59. The standard InChI is InChI=1S/C18H16BrFN2O3/c1-12(13-4-3-5-16(11-13)22(24)25)21(2)18(23)9-6-14-10-15(19)7-8-17(14)20/h3-12H,1-2H3/b9-6+/t12-/m0/s1. The Morgan fingerprint density at radius 2 is 2.04 bits per heavy atom. The first-order valence-corrected chi connectivity index (χ1v) is 8.23. The van der Waals surface area contributed by atoms with E-state index in [0.29, 0.717) is 15.6 Å². The summed E-state index contributed by atoms with van der Waals surface area (Å²) >= 11 is 3.25. The number of carbonyl (C=O) groups excluding carboxylic acids is 1. The number of nitro benzene ring substituents is 1. The van der Waals surface area contributed by atoms with Gasteiger partial charge >= 0.3 is 0 Å². The molecule has 2 rings (SSSR count). The first-order valence-electron chi connectivity index (χ1n) is 7.44. The predicted molar refractivity (Wildman–Crippen MR) is 97.4 cm³/mol. The lowest BCUT2D eigenvalue weighted by atomic mass is 10.1. The highest BCUT2D eigenvalue weighted by Crippen LogP contribution is 2.23. The van der Waals surface area contributed by atoms with Gasteiger partial charge in [0.2, 0.25) is 5.91 Å². The second kappa shape index (κ2) is 8.02. The van der Waals surface area contributed by atoms with Gasteiger partial charge in [0, 0.05) is 35.3 Å². The van der Waals surface area contributed by atoms with Crippen LogP contribution in [0, 0.1) is 15.9 Å². The Hall–Kier alpha value is -2.54. The van der Waals surface area contributed by atoms with Crippen molar-refractivity contribution in [2.24, 2.45) is 0 Å². The highest BCUT2D eigenvalue weighted by Gasteiger charge is 2.17. The molecular formula is C18H16BrFN2O3. The lowest BCUT2D eigenvalue weighted by Gasteiger charge is -2.24. The van der Waals surface area contributed by atoms with Crippen LogP contribution in [0.15, 0.2) is 53.0 Å². The summed E-state index contributed by atoms with van der Waals surface area (Å²) in [6, 6.07) is 10.2. The van der Waals surface area contributed by atoms with E-state index in [1.54, 1.807) is 38.2 Å². The highest BCUT2D eigenvalue weighted by atomic mass is 79.9. The van der Waals surface area contributed by atoms with Gasteiger partial charge in [-0.1, -0.05) is 28.1 Å². The lowest BCUT2D eigenvalue weighted by Crippen LogP contribution is -2.28. The Morgan fingerprint density at radius 3 is 2.72 bits per heavy atom. The van der Waals surface area contributed by atoms with Crippen LogP contribution in [0.4, 0.5) is 10.1 Å². The molecule has 0 aliphatic rings. The van der Waals surface area contributed by atoms with Crippen LogP contribution in [-0.4, -0.2) is 22.8 Å². The Kier molecular flexibility index (Phi) is 6.03. The molecule has 5 nitrogen and oxygen atoms in total. The zero-order valence-corrected chi connectivity index (χ0v) is 15.2. The molecule has 2 aromatic carbocycles. The van der Waals surface area contributed by atoms with E-state index in [1.165, 1.54) is 35.3 Å². The maximum Gasteiger partial charge on any atom is 0.269 e. The maximum absolute atomic E-state index is 13.7. The Labute approximate surface area is 153 Å². The summed E-state index contributed by atoms with van der Waals surface area (Å²) < 4.78 is 14.4. The Bertz CT molecular complexity index is 839. The van der Waals surface area contributed by atoms with E-state index in [0.717, 1.165) is 0 Å². The number of benzene rings is 2. The number of hydrogen-bond acceptors (Lipinski definition) is 3. The molecule has 0 aliphatic carbocycles. The van der Waals surface area contributed by atoms with E-state index < -0.39 is 10.7 Å². The predicted octanol–water partition coefficient (Wildman–Crippen LogP) is 4.73. The van der Waals surface area contributed by atoms with Crippen molar-refractivity contribution in [3.8, 4) is 0 Å². The largest absolute Gasteiger partial charge is 0.335 e. The second-order valence-corrected chi connectivity index (χ2v) is 6.39. The second-order valence-electron chi connectivity index (χ2n) is 5.48. The smallest absolute Gasteiger partial charge is 0.269 e. The van der Waals surface area contributed by atoms with Gasteiger partial charge in [-0.2, -0.15) is 0 Å². The van der Waals surface area contributed by atoms with Gasteiger partial charge in [-0.05, 0) is 36.8 Å². The van der Waals surface area contributed by atoms with Gasteiger partial charge in [0.1, 0.15) is 5.82 Å². The summed E-state index contributed by atoms with van der Waals surface area (Å²) in [6.07, 6.45) is 2.68. The van der Waals surface area contributed by atoms with Crippen molar-refractivity contribution in [1.82, 2.24) is 4.90 Å².